The standard InChI is InChI=1S/C21H32N2O3/c1-13(2)16-10-9-14(3)11-17(16)19(21(25)26)20(23-18(24)12-22)15-7-5-4-6-8-15/h4-8,13-14,16-17,19-20H,9-12,22H2,1-3H3,(H,23,24)(H,25,26)/t14-,16?,17-,19+,20+/m1/s1. The van der Waals surface area contributed by atoms with E-state index in [1.54, 1.807) is 0 Å². The summed E-state index contributed by atoms with van der Waals surface area (Å²) in [5.41, 5.74) is 6.31. The number of carboxylic acid groups (broad SMARTS) is 1. The van der Waals surface area contributed by atoms with Crippen molar-refractivity contribution in [3.63, 3.8) is 0 Å². The fourth-order valence-electron chi connectivity index (χ4n) is 4.54. The van der Waals surface area contributed by atoms with E-state index >= 15 is 0 Å². The molecule has 1 fully saturated rings. The largest absolute Gasteiger partial charge is 0.481 e. The van der Waals surface area contributed by atoms with Crippen LogP contribution in [-0.4, -0.2) is 23.5 Å². The zero-order chi connectivity index (χ0) is 19.3. The molecule has 4 N–H and O–H groups in total. The summed E-state index contributed by atoms with van der Waals surface area (Å²) in [6.07, 6.45) is 3.05. The maximum atomic E-state index is 12.4. The number of rotatable bonds is 7. The highest BCUT2D eigenvalue weighted by Crippen LogP contribution is 2.45. The molecular weight excluding hydrogens is 328 g/mol. The van der Waals surface area contributed by atoms with Gasteiger partial charge < -0.3 is 16.2 Å². The molecule has 26 heavy (non-hydrogen) atoms. The van der Waals surface area contributed by atoms with Gasteiger partial charge in [-0.25, -0.2) is 0 Å². The molecule has 0 heterocycles. The first-order valence-electron chi connectivity index (χ1n) is 9.62. The molecule has 1 unspecified atom stereocenters. The van der Waals surface area contributed by atoms with Gasteiger partial charge in [-0.3, -0.25) is 9.59 Å². The zero-order valence-electron chi connectivity index (χ0n) is 16.0. The van der Waals surface area contributed by atoms with Crippen LogP contribution in [0.3, 0.4) is 0 Å². The molecule has 5 nitrogen and oxygen atoms in total. The van der Waals surface area contributed by atoms with Crippen LogP contribution in [0.4, 0.5) is 0 Å². The lowest BCUT2D eigenvalue weighted by atomic mass is 9.63. The fourth-order valence-corrected chi connectivity index (χ4v) is 4.54. The van der Waals surface area contributed by atoms with Crippen LogP contribution in [-0.2, 0) is 9.59 Å². The average Bonchev–Trinajstić information content (AvgIpc) is 2.61. The monoisotopic (exact) mass is 360 g/mol. The van der Waals surface area contributed by atoms with Gasteiger partial charge in [-0.2, -0.15) is 0 Å². The van der Waals surface area contributed by atoms with Crippen molar-refractivity contribution >= 4 is 11.9 Å². The first-order chi connectivity index (χ1) is 12.3. The molecule has 0 aromatic heterocycles. The second kappa shape index (κ2) is 9.17. The highest BCUT2D eigenvalue weighted by atomic mass is 16.4. The molecule has 0 aliphatic heterocycles. The smallest absolute Gasteiger partial charge is 0.309 e. The van der Waals surface area contributed by atoms with Gasteiger partial charge in [0, 0.05) is 0 Å². The molecule has 0 bridgehead atoms. The Morgan fingerprint density at radius 2 is 1.85 bits per heavy atom. The van der Waals surface area contributed by atoms with Gasteiger partial charge in [0.2, 0.25) is 5.91 Å². The van der Waals surface area contributed by atoms with E-state index < -0.39 is 17.9 Å². The number of aliphatic carboxylic acids is 1. The van der Waals surface area contributed by atoms with E-state index in [1.165, 1.54) is 0 Å². The van der Waals surface area contributed by atoms with E-state index in [4.69, 9.17) is 5.73 Å². The van der Waals surface area contributed by atoms with Gasteiger partial charge >= 0.3 is 5.97 Å². The van der Waals surface area contributed by atoms with Crippen molar-refractivity contribution in [2.24, 2.45) is 35.3 Å². The summed E-state index contributed by atoms with van der Waals surface area (Å²) in [5.74, 6) is -0.554. The molecular formula is C21H32N2O3. The Morgan fingerprint density at radius 1 is 1.19 bits per heavy atom. The van der Waals surface area contributed by atoms with Crippen LogP contribution in [0.2, 0.25) is 0 Å². The molecule has 1 aliphatic carbocycles. The fraction of sp³-hybridized carbons (Fsp3) is 0.619. The topological polar surface area (TPSA) is 92.4 Å². The quantitative estimate of drug-likeness (QED) is 0.696. The van der Waals surface area contributed by atoms with Crippen LogP contribution in [0, 0.1) is 29.6 Å². The van der Waals surface area contributed by atoms with E-state index in [0.29, 0.717) is 17.8 Å². The zero-order valence-corrected chi connectivity index (χ0v) is 16.0. The maximum Gasteiger partial charge on any atom is 0.309 e. The SMILES string of the molecule is CC(C)C1CC[C@@H](C)C[C@H]1[C@H](C(=O)O)[C@@H](NC(=O)CN)c1ccccc1. The van der Waals surface area contributed by atoms with Crippen molar-refractivity contribution in [1.82, 2.24) is 5.32 Å². The lowest BCUT2D eigenvalue weighted by Gasteiger charge is -2.43. The van der Waals surface area contributed by atoms with Crippen molar-refractivity contribution in [1.29, 1.82) is 0 Å². The van der Waals surface area contributed by atoms with Gasteiger partial charge in [0.15, 0.2) is 0 Å². The molecule has 1 aliphatic rings. The highest BCUT2D eigenvalue weighted by molar-refractivity contribution is 5.80. The third-order valence-corrected chi connectivity index (χ3v) is 5.84. The molecule has 1 saturated carbocycles. The van der Waals surface area contributed by atoms with Crippen LogP contribution < -0.4 is 11.1 Å². The van der Waals surface area contributed by atoms with E-state index in [0.717, 1.165) is 24.8 Å². The van der Waals surface area contributed by atoms with Crippen molar-refractivity contribution < 1.29 is 14.7 Å². The lowest BCUT2D eigenvalue weighted by molar-refractivity contribution is -0.148. The van der Waals surface area contributed by atoms with Gasteiger partial charge in [-0.1, -0.05) is 57.5 Å². The number of carboxylic acids is 1. The summed E-state index contributed by atoms with van der Waals surface area (Å²) < 4.78 is 0. The Hall–Kier alpha value is -1.88. The molecule has 0 saturated heterocycles. The first-order valence-corrected chi connectivity index (χ1v) is 9.62. The number of amides is 1. The Labute approximate surface area is 156 Å². The highest BCUT2D eigenvalue weighted by Gasteiger charge is 2.43. The molecule has 1 aromatic rings. The minimum atomic E-state index is -0.846. The van der Waals surface area contributed by atoms with E-state index in [1.807, 2.05) is 30.3 Å². The Morgan fingerprint density at radius 3 is 2.38 bits per heavy atom. The van der Waals surface area contributed by atoms with Crippen LogP contribution >= 0.6 is 0 Å². The Bertz CT molecular complexity index is 603. The third kappa shape index (κ3) is 4.85. The number of benzene rings is 1. The number of nitrogens with two attached hydrogens (primary N) is 1. The van der Waals surface area contributed by atoms with Gasteiger partial charge in [0.05, 0.1) is 18.5 Å². The maximum absolute atomic E-state index is 12.4. The third-order valence-electron chi connectivity index (χ3n) is 5.84. The first kappa shape index (κ1) is 20.4. The van der Waals surface area contributed by atoms with E-state index in [9.17, 15) is 14.7 Å². The van der Waals surface area contributed by atoms with Crippen molar-refractivity contribution in [3.05, 3.63) is 35.9 Å². The lowest BCUT2D eigenvalue weighted by Crippen LogP contribution is -2.46. The minimum Gasteiger partial charge on any atom is -0.481 e. The normalized spacial score (nSPS) is 25.5. The summed E-state index contributed by atoms with van der Waals surface area (Å²) in [6.45, 7) is 6.38. The molecule has 2 rings (SSSR count). The molecule has 5 heteroatoms. The second-order valence-electron chi connectivity index (χ2n) is 8.01. The average molecular weight is 360 g/mol. The number of hydrogen-bond acceptors (Lipinski definition) is 3. The Balaban J connectivity index is 2.44. The number of hydrogen-bond donors (Lipinski definition) is 3. The second-order valence-corrected chi connectivity index (χ2v) is 8.01. The van der Waals surface area contributed by atoms with Crippen LogP contribution in [0.25, 0.3) is 0 Å². The van der Waals surface area contributed by atoms with Crippen molar-refractivity contribution in [2.45, 2.75) is 46.1 Å². The summed E-state index contributed by atoms with van der Waals surface area (Å²) in [5, 5.41) is 13.0. The van der Waals surface area contributed by atoms with E-state index in [-0.39, 0.29) is 18.4 Å². The predicted molar refractivity (Wildman–Crippen MR) is 102 cm³/mol. The Kier molecular flexibility index (Phi) is 7.21. The van der Waals surface area contributed by atoms with Crippen molar-refractivity contribution in [3.8, 4) is 0 Å². The van der Waals surface area contributed by atoms with Gasteiger partial charge in [0.25, 0.3) is 0 Å². The minimum absolute atomic E-state index is 0.0273. The van der Waals surface area contributed by atoms with Crippen molar-refractivity contribution in [2.75, 3.05) is 6.54 Å². The van der Waals surface area contributed by atoms with Crippen LogP contribution in [0.5, 0.6) is 0 Å². The van der Waals surface area contributed by atoms with Crippen LogP contribution in [0.15, 0.2) is 30.3 Å². The van der Waals surface area contributed by atoms with Gasteiger partial charge in [0.1, 0.15) is 0 Å². The predicted octanol–water partition coefficient (Wildman–Crippen LogP) is 3.21. The summed E-state index contributed by atoms with van der Waals surface area (Å²) in [4.78, 5) is 24.4. The summed E-state index contributed by atoms with van der Waals surface area (Å²) in [7, 11) is 0. The number of carbonyl (C=O) groups is 2. The molecule has 1 amide bonds. The molecule has 0 radical (unpaired) electrons. The molecule has 0 spiro atoms. The molecule has 1 aromatic carbocycles. The summed E-state index contributed by atoms with van der Waals surface area (Å²) in [6, 6.07) is 8.84. The van der Waals surface area contributed by atoms with Gasteiger partial charge in [-0.15, -0.1) is 0 Å². The number of carbonyl (C=O) groups excluding carboxylic acids is 1. The summed E-state index contributed by atoms with van der Waals surface area (Å²) >= 11 is 0. The number of nitrogens with one attached hydrogen (secondary N) is 1. The molecule has 5 atom stereocenters. The van der Waals surface area contributed by atoms with E-state index in [2.05, 4.69) is 26.1 Å². The van der Waals surface area contributed by atoms with Gasteiger partial charge in [-0.05, 0) is 42.1 Å². The molecule has 144 valence electrons. The van der Waals surface area contributed by atoms with Crippen LogP contribution in [0.1, 0.15) is 51.6 Å².